The van der Waals surface area contributed by atoms with Gasteiger partial charge >= 0.3 is 0 Å². The Morgan fingerprint density at radius 2 is 1.85 bits per heavy atom. The van der Waals surface area contributed by atoms with Gasteiger partial charge in [-0.25, -0.2) is 0 Å². The van der Waals surface area contributed by atoms with Gasteiger partial charge in [-0.15, -0.1) is 0 Å². The Bertz CT molecular complexity index is 870. The van der Waals surface area contributed by atoms with Crippen molar-refractivity contribution < 1.29 is 28.8 Å². The Hall–Kier alpha value is -3.95. The molecule has 27 heavy (non-hydrogen) atoms. The summed E-state index contributed by atoms with van der Waals surface area (Å²) >= 11 is 0. The van der Waals surface area contributed by atoms with Gasteiger partial charge in [-0.1, -0.05) is 0 Å². The molecule has 0 bridgehead atoms. The lowest BCUT2D eigenvalue weighted by Crippen LogP contribution is -2.37. The van der Waals surface area contributed by atoms with Crippen LogP contribution in [0, 0.1) is 10.1 Å². The molecule has 2 rings (SSSR count). The number of nitrogens with one attached hydrogen (secondary N) is 2. The quantitative estimate of drug-likeness (QED) is 0.381. The molecule has 0 fully saturated rings. The lowest BCUT2D eigenvalue weighted by Gasteiger charge is -2.10. The van der Waals surface area contributed by atoms with E-state index in [-0.39, 0.29) is 23.7 Å². The molecule has 2 aromatic rings. The van der Waals surface area contributed by atoms with Crippen LogP contribution in [0.2, 0.25) is 0 Å². The van der Waals surface area contributed by atoms with Gasteiger partial charge in [-0.05, 0) is 35.9 Å². The topological polar surface area (TPSA) is 155 Å². The molecule has 0 radical (unpaired) electrons. The van der Waals surface area contributed by atoms with Crippen molar-refractivity contribution in [1.29, 1.82) is 0 Å². The summed E-state index contributed by atoms with van der Waals surface area (Å²) in [6.45, 7) is -0.199. The summed E-state index contributed by atoms with van der Waals surface area (Å²) in [5.74, 6) is -2.80. The van der Waals surface area contributed by atoms with E-state index in [4.69, 9.17) is 4.42 Å². The first kappa shape index (κ1) is 19.4. The number of carboxylic acids is 1. The van der Waals surface area contributed by atoms with E-state index in [1.54, 1.807) is 0 Å². The van der Waals surface area contributed by atoms with Crippen LogP contribution in [-0.2, 0) is 9.59 Å². The van der Waals surface area contributed by atoms with Gasteiger partial charge in [0.2, 0.25) is 0 Å². The van der Waals surface area contributed by atoms with E-state index in [9.17, 15) is 29.6 Å². The Labute approximate surface area is 152 Å². The van der Waals surface area contributed by atoms with E-state index in [2.05, 4.69) is 10.6 Å². The monoisotopic (exact) mass is 372 g/mol. The zero-order valence-corrected chi connectivity index (χ0v) is 13.8. The molecule has 1 heterocycles. The van der Waals surface area contributed by atoms with Crippen LogP contribution in [0.1, 0.15) is 22.5 Å². The zero-order chi connectivity index (χ0) is 19.8. The van der Waals surface area contributed by atoms with Gasteiger partial charge in [0.05, 0.1) is 11.2 Å². The zero-order valence-electron chi connectivity index (χ0n) is 13.8. The van der Waals surface area contributed by atoms with Gasteiger partial charge in [0.15, 0.2) is 5.76 Å². The minimum Gasteiger partial charge on any atom is -0.550 e. The number of carbonyl (C=O) groups excluding carboxylic acids is 3. The summed E-state index contributed by atoms with van der Waals surface area (Å²) in [6, 6.07) is 8.16. The number of rotatable bonds is 8. The molecule has 0 saturated carbocycles. The van der Waals surface area contributed by atoms with Crippen LogP contribution in [0.4, 0.5) is 5.69 Å². The molecule has 2 N–H and O–H groups in total. The van der Waals surface area contributed by atoms with Crippen molar-refractivity contribution in [1.82, 2.24) is 10.6 Å². The van der Waals surface area contributed by atoms with E-state index in [1.165, 1.54) is 48.7 Å². The first-order valence-electron chi connectivity index (χ1n) is 7.66. The summed E-state index contributed by atoms with van der Waals surface area (Å²) < 4.78 is 4.95. The van der Waals surface area contributed by atoms with Crippen LogP contribution in [-0.4, -0.2) is 29.3 Å². The number of non-ortho nitro benzene ring substituents is 1. The van der Waals surface area contributed by atoms with Crippen molar-refractivity contribution >= 4 is 29.5 Å². The highest BCUT2D eigenvalue weighted by molar-refractivity contribution is 6.04. The van der Waals surface area contributed by atoms with Crippen LogP contribution in [0.15, 0.2) is 52.8 Å². The van der Waals surface area contributed by atoms with Crippen LogP contribution in [0.25, 0.3) is 6.08 Å². The second kappa shape index (κ2) is 8.94. The van der Waals surface area contributed by atoms with E-state index in [0.29, 0.717) is 5.56 Å². The average Bonchev–Trinajstić information content (AvgIpc) is 3.16. The van der Waals surface area contributed by atoms with Crippen molar-refractivity contribution in [3.8, 4) is 0 Å². The molecule has 1 aromatic heterocycles. The van der Waals surface area contributed by atoms with Gasteiger partial charge < -0.3 is 25.0 Å². The number of hydrogen-bond acceptors (Lipinski definition) is 7. The fourth-order valence-electron chi connectivity index (χ4n) is 1.98. The molecule has 0 unspecified atom stereocenters. The number of carboxylic acid groups (broad SMARTS) is 1. The molecule has 0 aliphatic carbocycles. The van der Waals surface area contributed by atoms with Gasteiger partial charge in [0.1, 0.15) is 5.70 Å². The van der Waals surface area contributed by atoms with Crippen LogP contribution < -0.4 is 15.7 Å². The lowest BCUT2D eigenvalue weighted by atomic mass is 10.1. The predicted octanol–water partition coefficient (Wildman–Crippen LogP) is 0.215. The number of carbonyl (C=O) groups is 3. The first-order valence-corrected chi connectivity index (χ1v) is 7.66. The third-order valence-electron chi connectivity index (χ3n) is 3.27. The highest BCUT2D eigenvalue weighted by atomic mass is 16.6. The number of hydrogen-bond donors (Lipinski definition) is 2. The molecule has 2 amide bonds. The second-order valence-electron chi connectivity index (χ2n) is 5.22. The number of benzene rings is 1. The molecule has 0 saturated heterocycles. The van der Waals surface area contributed by atoms with E-state index >= 15 is 0 Å². The van der Waals surface area contributed by atoms with Crippen molar-refractivity contribution in [3.63, 3.8) is 0 Å². The first-order chi connectivity index (χ1) is 12.9. The smallest absolute Gasteiger partial charge is 0.291 e. The van der Waals surface area contributed by atoms with Crippen LogP contribution >= 0.6 is 0 Å². The Morgan fingerprint density at radius 3 is 2.41 bits per heavy atom. The summed E-state index contributed by atoms with van der Waals surface area (Å²) in [5, 5.41) is 25.8. The second-order valence-corrected chi connectivity index (χ2v) is 5.22. The maximum absolute atomic E-state index is 12.3. The molecule has 1 aromatic carbocycles. The standard InChI is InChI=1S/C17H15N3O7/c21-15(22)7-8-18-16(23)13(19-17(24)14-2-1-9-27-14)10-11-3-5-12(6-4-11)20(25)26/h1-6,9-10H,7-8H2,(H,18,23)(H,19,24)(H,21,22)/p-1/b13-10+. The summed E-state index contributed by atoms with van der Waals surface area (Å²) in [7, 11) is 0. The van der Waals surface area contributed by atoms with Crippen molar-refractivity contribution in [2.75, 3.05) is 6.54 Å². The number of nitro groups is 1. The van der Waals surface area contributed by atoms with Crippen molar-refractivity contribution in [2.45, 2.75) is 6.42 Å². The maximum Gasteiger partial charge on any atom is 0.291 e. The molecule has 10 heteroatoms. The number of nitrogens with zero attached hydrogens (tertiary/aromatic N) is 1. The third kappa shape index (κ3) is 5.81. The van der Waals surface area contributed by atoms with E-state index < -0.39 is 29.1 Å². The molecule has 0 spiro atoms. The molecule has 0 aliphatic heterocycles. The molecule has 0 atom stereocenters. The molecular weight excluding hydrogens is 358 g/mol. The number of aliphatic carboxylic acids is 1. The predicted molar refractivity (Wildman–Crippen MR) is 89.9 cm³/mol. The maximum atomic E-state index is 12.3. The lowest BCUT2D eigenvalue weighted by molar-refractivity contribution is -0.384. The van der Waals surface area contributed by atoms with E-state index in [1.807, 2.05) is 0 Å². The van der Waals surface area contributed by atoms with Gasteiger partial charge in [0, 0.05) is 31.1 Å². The number of amides is 2. The number of furan rings is 1. The fraction of sp³-hybridized carbons (Fsp3) is 0.118. The highest BCUT2D eigenvalue weighted by Crippen LogP contribution is 2.14. The SMILES string of the molecule is O=C([O-])CCNC(=O)/C(=C\c1ccc([N+](=O)[O-])cc1)NC(=O)c1ccco1. The number of nitro benzene ring substituents is 1. The molecule has 0 aliphatic rings. The van der Waals surface area contributed by atoms with Crippen molar-refractivity contribution in [2.24, 2.45) is 0 Å². The Morgan fingerprint density at radius 1 is 1.15 bits per heavy atom. The van der Waals surface area contributed by atoms with E-state index in [0.717, 1.165) is 0 Å². The minimum atomic E-state index is -1.34. The average molecular weight is 372 g/mol. The largest absolute Gasteiger partial charge is 0.550 e. The van der Waals surface area contributed by atoms with Gasteiger partial charge in [-0.3, -0.25) is 19.7 Å². The Balaban J connectivity index is 2.21. The summed E-state index contributed by atoms with van der Waals surface area (Å²) in [6.07, 6.45) is 2.18. The third-order valence-corrected chi connectivity index (χ3v) is 3.27. The fourth-order valence-corrected chi connectivity index (χ4v) is 1.98. The summed E-state index contributed by atoms with van der Waals surface area (Å²) in [4.78, 5) is 45.0. The van der Waals surface area contributed by atoms with Gasteiger partial charge in [0.25, 0.3) is 17.5 Å². The van der Waals surface area contributed by atoms with Crippen LogP contribution in [0.5, 0.6) is 0 Å². The highest BCUT2D eigenvalue weighted by Gasteiger charge is 2.16. The normalized spacial score (nSPS) is 10.9. The van der Waals surface area contributed by atoms with Crippen molar-refractivity contribution in [3.05, 3.63) is 69.8 Å². The van der Waals surface area contributed by atoms with Crippen LogP contribution in [0.3, 0.4) is 0 Å². The summed E-state index contributed by atoms with van der Waals surface area (Å²) in [5.41, 5.74) is 0.0840. The van der Waals surface area contributed by atoms with Gasteiger partial charge in [-0.2, -0.15) is 0 Å². The Kier molecular flexibility index (Phi) is 6.42. The minimum absolute atomic E-state index is 0.0351. The molecule has 10 nitrogen and oxygen atoms in total. The molecule has 140 valence electrons. The molecular formula is C17H14N3O7-.